The monoisotopic (exact) mass is 551 g/mol. The number of hydrogen-bond acceptors (Lipinski definition) is 4. The van der Waals surface area contributed by atoms with Crippen molar-refractivity contribution >= 4 is 34.9 Å². The first-order valence-electron chi connectivity index (χ1n) is 12.4. The fraction of sp³-hybridized carbons (Fsp3) is 0.267. The molecule has 1 heterocycles. The Kier molecular flexibility index (Phi) is 8.65. The van der Waals surface area contributed by atoms with Gasteiger partial charge in [-0.05, 0) is 78.4 Å². The van der Waals surface area contributed by atoms with Gasteiger partial charge in [-0.15, -0.1) is 0 Å². The molecule has 0 amide bonds. The SMILES string of the molecule is Cc1cc(OCc2c(C(C)C)cnn2-c2c(Cl)cccc2Cl)ccc1N(C)CCc1ccc(C(=O)O)cc1. The molecule has 6 nitrogen and oxygen atoms in total. The van der Waals surface area contributed by atoms with Crippen LogP contribution in [0.25, 0.3) is 5.69 Å². The van der Waals surface area contributed by atoms with Crippen LogP contribution < -0.4 is 9.64 Å². The Hall–Kier alpha value is -3.48. The summed E-state index contributed by atoms with van der Waals surface area (Å²) < 4.78 is 8.02. The third kappa shape index (κ3) is 6.14. The van der Waals surface area contributed by atoms with E-state index in [-0.39, 0.29) is 5.92 Å². The van der Waals surface area contributed by atoms with Gasteiger partial charge in [0.1, 0.15) is 18.0 Å². The zero-order valence-electron chi connectivity index (χ0n) is 21.9. The number of anilines is 1. The molecule has 0 spiro atoms. The summed E-state index contributed by atoms with van der Waals surface area (Å²) in [7, 11) is 2.05. The maximum atomic E-state index is 11.1. The highest BCUT2D eigenvalue weighted by atomic mass is 35.5. The summed E-state index contributed by atoms with van der Waals surface area (Å²) in [4.78, 5) is 13.3. The molecule has 0 aliphatic carbocycles. The van der Waals surface area contributed by atoms with Crippen LogP contribution in [0.1, 0.15) is 52.5 Å². The number of aromatic nitrogens is 2. The highest BCUT2D eigenvalue weighted by Crippen LogP contribution is 2.32. The van der Waals surface area contributed by atoms with Crippen molar-refractivity contribution in [3.63, 3.8) is 0 Å². The molecule has 0 atom stereocenters. The lowest BCUT2D eigenvalue weighted by atomic mass is 10.0. The number of hydrogen-bond donors (Lipinski definition) is 1. The summed E-state index contributed by atoms with van der Waals surface area (Å²) in [6, 6.07) is 18.5. The van der Waals surface area contributed by atoms with Crippen LogP contribution in [-0.4, -0.2) is 34.4 Å². The molecule has 1 N–H and O–H groups in total. The Balaban J connectivity index is 1.47. The molecule has 38 heavy (non-hydrogen) atoms. The van der Waals surface area contributed by atoms with Crippen LogP contribution in [-0.2, 0) is 13.0 Å². The van der Waals surface area contributed by atoms with Gasteiger partial charge in [0.05, 0.1) is 27.5 Å². The van der Waals surface area contributed by atoms with Gasteiger partial charge in [0.15, 0.2) is 0 Å². The van der Waals surface area contributed by atoms with Gasteiger partial charge in [-0.1, -0.05) is 55.2 Å². The third-order valence-electron chi connectivity index (χ3n) is 6.56. The van der Waals surface area contributed by atoms with E-state index in [0.717, 1.165) is 46.8 Å². The van der Waals surface area contributed by atoms with Crippen molar-refractivity contribution in [2.24, 2.45) is 0 Å². The van der Waals surface area contributed by atoms with E-state index in [0.29, 0.717) is 27.9 Å². The number of likely N-dealkylation sites (N-methyl/N-ethyl adjacent to an activating group) is 1. The van der Waals surface area contributed by atoms with E-state index in [1.807, 2.05) is 36.5 Å². The van der Waals surface area contributed by atoms with E-state index < -0.39 is 5.97 Å². The molecule has 0 unspecified atom stereocenters. The van der Waals surface area contributed by atoms with Crippen molar-refractivity contribution < 1.29 is 14.6 Å². The highest BCUT2D eigenvalue weighted by molar-refractivity contribution is 6.37. The molecule has 8 heteroatoms. The Morgan fingerprint density at radius 2 is 1.76 bits per heavy atom. The fourth-order valence-electron chi connectivity index (χ4n) is 4.43. The van der Waals surface area contributed by atoms with Crippen molar-refractivity contribution in [1.82, 2.24) is 9.78 Å². The Morgan fingerprint density at radius 3 is 2.37 bits per heavy atom. The van der Waals surface area contributed by atoms with Crippen LogP contribution in [0.15, 0.2) is 66.9 Å². The number of ether oxygens (including phenoxy) is 1. The minimum Gasteiger partial charge on any atom is -0.487 e. The summed E-state index contributed by atoms with van der Waals surface area (Å²) in [5.74, 6) is 0.0995. The largest absolute Gasteiger partial charge is 0.487 e. The number of benzene rings is 3. The predicted molar refractivity (Wildman–Crippen MR) is 154 cm³/mol. The zero-order chi connectivity index (χ0) is 27.4. The number of carbonyl (C=O) groups is 1. The van der Waals surface area contributed by atoms with Gasteiger partial charge in [0.2, 0.25) is 0 Å². The van der Waals surface area contributed by atoms with Crippen LogP contribution in [0.4, 0.5) is 5.69 Å². The van der Waals surface area contributed by atoms with Gasteiger partial charge in [-0.3, -0.25) is 0 Å². The maximum absolute atomic E-state index is 11.1. The van der Waals surface area contributed by atoms with Crippen LogP contribution in [0.2, 0.25) is 10.0 Å². The summed E-state index contributed by atoms with van der Waals surface area (Å²) in [6.45, 7) is 7.41. The quantitative estimate of drug-likeness (QED) is 0.220. The summed E-state index contributed by atoms with van der Waals surface area (Å²) in [5.41, 5.74) is 6.22. The molecular weight excluding hydrogens is 521 g/mol. The van der Waals surface area contributed by atoms with Gasteiger partial charge in [0, 0.05) is 19.3 Å². The number of halogens is 2. The number of para-hydroxylation sites is 1. The fourth-order valence-corrected chi connectivity index (χ4v) is 4.98. The van der Waals surface area contributed by atoms with Gasteiger partial charge in [-0.2, -0.15) is 5.10 Å². The Morgan fingerprint density at radius 1 is 1.08 bits per heavy atom. The smallest absolute Gasteiger partial charge is 0.335 e. The van der Waals surface area contributed by atoms with E-state index >= 15 is 0 Å². The van der Waals surface area contributed by atoms with Gasteiger partial charge < -0.3 is 14.7 Å². The van der Waals surface area contributed by atoms with E-state index in [9.17, 15) is 4.79 Å². The second-order valence-corrected chi connectivity index (χ2v) is 10.4. The molecule has 1 aromatic heterocycles. The van der Waals surface area contributed by atoms with E-state index in [2.05, 4.69) is 43.9 Å². The minimum atomic E-state index is -0.913. The van der Waals surface area contributed by atoms with Crippen molar-refractivity contribution in [2.45, 2.75) is 39.7 Å². The van der Waals surface area contributed by atoms with E-state index in [4.69, 9.17) is 33.0 Å². The number of rotatable bonds is 10. The molecule has 0 aliphatic rings. The normalized spacial score (nSPS) is 11.1. The van der Waals surface area contributed by atoms with Crippen LogP contribution in [0, 0.1) is 6.92 Å². The Bertz CT molecular complexity index is 1410. The molecule has 0 radical (unpaired) electrons. The second kappa shape index (κ2) is 11.9. The lowest BCUT2D eigenvalue weighted by Crippen LogP contribution is -2.21. The first-order valence-corrected chi connectivity index (χ1v) is 13.2. The lowest BCUT2D eigenvalue weighted by Gasteiger charge is -2.22. The van der Waals surface area contributed by atoms with E-state index in [1.54, 1.807) is 28.9 Å². The molecule has 0 fully saturated rings. The predicted octanol–water partition coefficient (Wildman–Crippen LogP) is 7.57. The van der Waals surface area contributed by atoms with Crippen molar-refractivity contribution in [2.75, 3.05) is 18.5 Å². The summed E-state index contributed by atoms with van der Waals surface area (Å²) in [5, 5.41) is 14.7. The van der Waals surface area contributed by atoms with Crippen LogP contribution in [0.5, 0.6) is 5.75 Å². The van der Waals surface area contributed by atoms with Crippen molar-refractivity contribution in [3.05, 3.63) is 105 Å². The minimum absolute atomic E-state index is 0.252. The van der Waals surface area contributed by atoms with Crippen LogP contribution >= 0.6 is 23.2 Å². The highest BCUT2D eigenvalue weighted by Gasteiger charge is 2.19. The third-order valence-corrected chi connectivity index (χ3v) is 7.17. The lowest BCUT2D eigenvalue weighted by molar-refractivity contribution is 0.0697. The average Bonchev–Trinajstić information content (AvgIpc) is 3.30. The molecule has 4 aromatic rings. The maximum Gasteiger partial charge on any atom is 0.335 e. The molecule has 0 saturated carbocycles. The second-order valence-electron chi connectivity index (χ2n) is 9.59. The number of carboxylic acid groups (broad SMARTS) is 1. The average molecular weight is 553 g/mol. The van der Waals surface area contributed by atoms with Gasteiger partial charge in [0.25, 0.3) is 0 Å². The van der Waals surface area contributed by atoms with Crippen molar-refractivity contribution in [1.29, 1.82) is 0 Å². The van der Waals surface area contributed by atoms with Crippen molar-refractivity contribution in [3.8, 4) is 11.4 Å². The Labute approximate surface area is 233 Å². The van der Waals surface area contributed by atoms with Crippen LogP contribution in [0.3, 0.4) is 0 Å². The number of aromatic carboxylic acids is 1. The first kappa shape index (κ1) is 27.6. The van der Waals surface area contributed by atoms with Gasteiger partial charge >= 0.3 is 5.97 Å². The summed E-state index contributed by atoms with van der Waals surface area (Å²) >= 11 is 13.0. The van der Waals surface area contributed by atoms with E-state index in [1.165, 1.54) is 0 Å². The molecule has 3 aromatic carbocycles. The first-order chi connectivity index (χ1) is 18.2. The number of carboxylic acids is 1. The standard InChI is InChI=1S/C30H31Cl2N3O3/c1-19(2)24-17-33-35(29-25(31)6-5-7-26(29)32)28(24)18-38-23-12-13-27(20(3)16-23)34(4)15-14-21-8-10-22(11-9-21)30(36)37/h5-13,16-17,19H,14-15,18H2,1-4H3,(H,36,37). The van der Waals surface area contributed by atoms with Gasteiger partial charge in [-0.25, -0.2) is 9.48 Å². The molecule has 0 bridgehead atoms. The molecular formula is C30H31Cl2N3O3. The topological polar surface area (TPSA) is 67.6 Å². The molecule has 4 rings (SSSR count). The molecule has 198 valence electrons. The number of aryl methyl sites for hydroxylation is 1. The summed E-state index contributed by atoms with van der Waals surface area (Å²) in [6.07, 6.45) is 2.65. The zero-order valence-corrected chi connectivity index (χ0v) is 23.4. The molecule has 0 saturated heterocycles. The number of nitrogens with zero attached hydrogens (tertiary/aromatic N) is 3. The molecule has 0 aliphatic heterocycles.